The van der Waals surface area contributed by atoms with Gasteiger partial charge in [-0.25, -0.2) is 5.01 Å². The van der Waals surface area contributed by atoms with E-state index >= 15 is 0 Å². The van der Waals surface area contributed by atoms with Gasteiger partial charge in [0, 0.05) is 24.3 Å². The van der Waals surface area contributed by atoms with Crippen LogP contribution in [0.5, 0.6) is 0 Å². The molecule has 0 aromatic heterocycles. The van der Waals surface area contributed by atoms with Crippen molar-refractivity contribution in [3.8, 4) is 0 Å². The molecule has 1 fully saturated rings. The number of anilines is 1. The number of hydrogen-bond acceptors (Lipinski definition) is 6. The first kappa shape index (κ1) is 18.8. The van der Waals surface area contributed by atoms with E-state index in [-0.39, 0.29) is 22.1 Å². The summed E-state index contributed by atoms with van der Waals surface area (Å²) in [5.41, 5.74) is 1.77. The van der Waals surface area contributed by atoms with Gasteiger partial charge in [-0.15, -0.1) is 5.10 Å². The zero-order chi connectivity index (χ0) is 20.9. The molecule has 30 heavy (non-hydrogen) atoms. The van der Waals surface area contributed by atoms with E-state index in [0.717, 1.165) is 29.9 Å². The van der Waals surface area contributed by atoms with E-state index in [1.54, 1.807) is 12.1 Å². The molecule has 5 rings (SSSR count). The van der Waals surface area contributed by atoms with Crippen LogP contribution in [0.3, 0.4) is 0 Å². The number of non-ortho nitro benzene ring substituents is 1. The van der Waals surface area contributed by atoms with Crippen molar-refractivity contribution in [2.45, 2.75) is 38.1 Å². The minimum atomic E-state index is -0.741. The Bertz CT molecular complexity index is 1040. The zero-order valence-electron chi connectivity index (χ0n) is 17.1. The molecule has 2 aliphatic heterocycles. The van der Waals surface area contributed by atoms with E-state index in [1.165, 1.54) is 12.1 Å². The van der Waals surface area contributed by atoms with Gasteiger partial charge in [-0.1, -0.05) is 42.5 Å². The number of amidine groups is 1. The lowest BCUT2D eigenvalue weighted by Gasteiger charge is -2.68. The Morgan fingerprint density at radius 1 is 1.17 bits per heavy atom. The number of nitro groups is 1. The highest BCUT2D eigenvalue weighted by Crippen LogP contribution is 2.61. The maximum Gasteiger partial charge on any atom is 0.269 e. The predicted octanol–water partition coefficient (Wildman–Crippen LogP) is 4.51. The summed E-state index contributed by atoms with van der Waals surface area (Å²) in [6.07, 6.45) is 6.28. The maximum absolute atomic E-state index is 11.1. The summed E-state index contributed by atoms with van der Waals surface area (Å²) < 4.78 is 6.49. The molecule has 7 nitrogen and oxygen atoms in total. The molecular weight excluding hydrogens is 380 g/mol. The normalized spacial score (nSPS) is 29.1. The van der Waals surface area contributed by atoms with Gasteiger partial charge in [-0.3, -0.25) is 10.1 Å². The van der Waals surface area contributed by atoms with E-state index in [0.29, 0.717) is 6.61 Å². The molecule has 2 aromatic rings. The molecule has 1 unspecified atom stereocenters. The van der Waals surface area contributed by atoms with Crippen molar-refractivity contribution in [3.63, 3.8) is 0 Å². The van der Waals surface area contributed by atoms with Crippen molar-refractivity contribution in [2.75, 3.05) is 11.6 Å². The Morgan fingerprint density at radius 2 is 1.90 bits per heavy atom. The van der Waals surface area contributed by atoms with Crippen LogP contribution in [0.25, 0.3) is 0 Å². The van der Waals surface area contributed by atoms with Gasteiger partial charge in [0.15, 0.2) is 5.84 Å². The number of hydrazone groups is 1. The standard InChI is InChI=1S/C23H24N4O3/c1-3-30-23-20-11-7-8-16-22(20,2)25(23)21(17-9-5-4-6-10-17)24-26(23)18-12-14-19(15-13-18)27(28)29/h4-10,12-15,20H,3,11,16H2,1-2H3/t20-,22+,23?/m0/s1. The summed E-state index contributed by atoms with van der Waals surface area (Å²) in [4.78, 5) is 13.0. The van der Waals surface area contributed by atoms with Gasteiger partial charge in [-0.2, -0.15) is 0 Å². The van der Waals surface area contributed by atoms with Crippen LogP contribution in [0, 0.1) is 16.0 Å². The van der Waals surface area contributed by atoms with E-state index in [1.807, 2.05) is 30.1 Å². The number of allylic oxidation sites excluding steroid dienone is 1. The van der Waals surface area contributed by atoms with Crippen LogP contribution in [-0.2, 0) is 4.74 Å². The van der Waals surface area contributed by atoms with Gasteiger partial charge in [-0.05, 0) is 38.8 Å². The Balaban J connectivity index is 1.67. The largest absolute Gasteiger partial charge is 0.337 e. The summed E-state index contributed by atoms with van der Waals surface area (Å²) in [6.45, 7) is 4.81. The van der Waals surface area contributed by atoms with Gasteiger partial charge in [0.2, 0.25) is 5.85 Å². The van der Waals surface area contributed by atoms with E-state index in [9.17, 15) is 10.1 Å². The highest BCUT2D eigenvalue weighted by Gasteiger charge is 2.74. The van der Waals surface area contributed by atoms with Crippen molar-refractivity contribution in [1.82, 2.24) is 4.90 Å². The number of rotatable bonds is 5. The molecule has 1 saturated heterocycles. The molecule has 0 spiro atoms. The van der Waals surface area contributed by atoms with Gasteiger partial charge in [0.05, 0.1) is 22.1 Å². The average molecular weight is 404 g/mol. The van der Waals surface area contributed by atoms with Crippen LogP contribution >= 0.6 is 0 Å². The maximum atomic E-state index is 11.1. The minimum absolute atomic E-state index is 0.0616. The fourth-order valence-electron chi connectivity index (χ4n) is 5.23. The third-order valence-electron chi connectivity index (χ3n) is 6.51. The van der Waals surface area contributed by atoms with Gasteiger partial charge in [0.1, 0.15) is 0 Å². The zero-order valence-corrected chi connectivity index (χ0v) is 17.1. The Labute approximate surface area is 175 Å². The summed E-state index contributed by atoms with van der Waals surface area (Å²) >= 11 is 0. The molecular formula is C23H24N4O3. The highest BCUT2D eigenvalue weighted by molar-refractivity contribution is 6.03. The van der Waals surface area contributed by atoms with Crippen molar-refractivity contribution < 1.29 is 9.66 Å². The van der Waals surface area contributed by atoms with Crippen molar-refractivity contribution in [3.05, 3.63) is 82.4 Å². The first-order chi connectivity index (χ1) is 14.5. The van der Waals surface area contributed by atoms with Crippen LogP contribution in [0.2, 0.25) is 0 Å². The van der Waals surface area contributed by atoms with E-state index < -0.39 is 5.85 Å². The van der Waals surface area contributed by atoms with Crippen LogP contribution in [0.4, 0.5) is 11.4 Å². The lowest BCUT2D eigenvalue weighted by atomic mass is 9.63. The number of fused-ring (bicyclic) bond motifs is 4. The first-order valence-corrected chi connectivity index (χ1v) is 10.3. The average Bonchev–Trinajstić information content (AvgIpc) is 3.07. The quantitative estimate of drug-likeness (QED) is 0.417. The van der Waals surface area contributed by atoms with Gasteiger partial charge >= 0.3 is 0 Å². The molecule has 0 N–H and O–H groups in total. The molecule has 0 saturated carbocycles. The number of benzene rings is 2. The second-order valence-corrected chi connectivity index (χ2v) is 8.12. The molecule has 7 heteroatoms. The summed E-state index contributed by atoms with van der Waals surface area (Å²) in [7, 11) is 0. The molecule has 2 heterocycles. The fraction of sp³-hybridized carbons (Fsp3) is 0.348. The Morgan fingerprint density at radius 3 is 2.57 bits per heavy atom. The number of nitrogens with zero attached hydrogens (tertiary/aromatic N) is 4. The molecule has 0 radical (unpaired) electrons. The number of nitro benzene ring substituents is 1. The lowest BCUT2D eigenvalue weighted by molar-refractivity contribution is -0.384. The molecule has 154 valence electrons. The minimum Gasteiger partial charge on any atom is -0.337 e. The predicted molar refractivity (Wildman–Crippen MR) is 115 cm³/mol. The Kier molecular flexibility index (Phi) is 4.18. The van der Waals surface area contributed by atoms with Crippen molar-refractivity contribution in [2.24, 2.45) is 11.0 Å². The number of ether oxygens (including phenoxy) is 1. The molecule has 2 aromatic carbocycles. The van der Waals surface area contributed by atoms with Crippen LogP contribution < -0.4 is 5.01 Å². The lowest BCUT2D eigenvalue weighted by Crippen LogP contribution is -2.83. The Hall–Kier alpha value is -3.19. The van der Waals surface area contributed by atoms with Crippen molar-refractivity contribution in [1.29, 1.82) is 0 Å². The monoisotopic (exact) mass is 404 g/mol. The first-order valence-electron chi connectivity index (χ1n) is 10.3. The molecule has 0 bridgehead atoms. The fourth-order valence-corrected chi connectivity index (χ4v) is 5.23. The smallest absolute Gasteiger partial charge is 0.269 e. The third-order valence-corrected chi connectivity index (χ3v) is 6.51. The highest BCUT2D eigenvalue weighted by atomic mass is 16.6. The van der Waals surface area contributed by atoms with Crippen LogP contribution in [0.15, 0.2) is 71.9 Å². The molecule has 3 atom stereocenters. The second-order valence-electron chi connectivity index (χ2n) is 8.12. The molecule has 3 aliphatic rings. The molecule has 0 amide bonds. The SMILES string of the molecule is CCOC12[C@H]3CC=CC[C@@]3(C)N1C(c1ccccc1)=NN2c1ccc([N+](=O)[O-])cc1. The third kappa shape index (κ3) is 2.38. The summed E-state index contributed by atoms with van der Waals surface area (Å²) in [6, 6.07) is 16.7. The van der Waals surface area contributed by atoms with Gasteiger partial charge < -0.3 is 9.64 Å². The van der Waals surface area contributed by atoms with Crippen LogP contribution in [-0.4, -0.2) is 33.7 Å². The van der Waals surface area contributed by atoms with Crippen molar-refractivity contribution >= 4 is 17.2 Å². The van der Waals surface area contributed by atoms with Crippen LogP contribution in [0.1, 0.15) is 32.3 Å². The summed E-state index contributed by atoms with van der Waals surface area (Å²) in [5, 5.41) is 18.1. The topological polar surface area (TPSA) is 71.2 Å². The van der Waals surface area contributed by atoms with E-state index in [2.05, 4.69) is 36.1 Å². The second kappa shape index (κ2) is 6.67. The summed E-state index contributed by atoms with van der Waals surface area (Å²) in [5.74, 6) is 0.349. The number of hydrogen-bond donors (Lipinski definition) is 0. The van der Waals surface area contributed by atoms with E-state index in [4.69, 9.17) is 9.84 Å². The molecule has 1 aliphatic carbocycles. The van der Waals surface area contributed by atoms with Gasteiger partial charge in [0.25, 0.3) is 5.69 Å².